The Labute approximate surface area is 156 Å². The Morgan fingerprint density at radius 1 is 1.46 bits per heavy atom. The molecule has 1 atom stereocenters. The lowest BCUT2D eigenvalue weighted by molar-refractivity contribution is 0.210. The van der Waals surface area contributed by atoms with E-state index in [1.54, 1.807) is 28.6 Å². The minimum Gasteiger partial charge on any atom is -0.487 e. The first-order valence-corrected chi connectivity index (χ1v) is 11.0. The summed E-state index contributed by atoms with van der Waals surface area (Å²) in [5.41, 5.74) is 3.20. The molecule has 0 bridgehead atoms. The van der Waals surface area contributed by atoms with Crippen LogP contribution in [0.4, 0.5) is 10.5 Å². The third kappa shape index (κ3) is 5.18. The number of rotatable bonds is 4. The molecule has 0 unspecified atom stereocenters. The number of carbonyl (C=O) groups excluding carboxylic acids is 1. The molecule has 1 N–H and O–H groups in total. The minimum atomic E-state index is -3.09. The number of ether oxygens (including phenoxy) is 1. The van der Waals surface area contributed by atoms with Crippen LogP contribution in [0.5, 0.6) is 5.75 Å². The standard InChI is InChI=1S/C17H21N3O4S2/c1-13-8-20(5-6-26(22,23)11-13)17(21)19-14-3-2-4-16(7-14)24-9-15-10-25-12-18-15/h2-4,7,10,12-13H,5-6,8-9,11H2,1H3,(H,19,21)/t13-/m1/s1. The summed E-state index contributed by atoms with van der Waals surface area (Å²) in [5, 5.41) is 4.74. The Morgan fingerprint density at radius 2 is 2.31 bits per heavy atom. The molecule has 0 spiro atoms. The molecule has 2 aromatic rings. The fourth-order valence-electron chi connectivity index (χ4n) is 2.80. The molecule has 0 saturated carbocycles. The van der Waals surface area contributed by atoms with Gasteiger partial charge in [0.25, 0.3) is 0 Å². The highest BCUT2D eigenvalue weighted by atomic mass is 32.2. The van der Waals surface area contributed by atoms with E-state index < -0.39 is 9.84 Å². The van der Waals surface area contributed by atoms with Gasteiger partial charge in [0.1, 0.15) is 12.4 Å². The van der Waals surface area contributed by atoms with Crippen LogP contribution in [0.1, 0.15) is 12.6 Å². The fraction of sp³-hybridized carbons (Fsp3) is 0.412. The molecule has 1 aromatic carbocycles. The SMILES string of the molecule is C[C@@H]1CN(C(=O)Nc2cccc(OCc3cscn3)c2)CCS(=O)(=O)C1. The summed E-state index contributed by atoms with van der Waals surface area (Å²) in [6.07, 6.45) is 0. The van der Waals surface area contributed by atoms with Gasteiger partial charge in [-0.05, 0) is 18.1 Å². The van der Waals surface area contributed by atoms with Crippen molar-refractivity contribution in [2.24, 2.45) is 5.92 Å². The van der Waals surface area contributed by atoms with Gasteiger partial charge in [0.15, 0.2) is 9.84 Å². The molecule has 7 nitrogen and oxygen atoms in total. The summed E-state index contributed by atoms with van der Waals surface area (Å²) in [5.74, 6) is 0.668. The second kappa shape index (κ2) is 8.05. The van der Waals surface area contributed by atoms with Crippen LogP contribution in [-0.4, -0.2) is 48.9 Å². The number of sulfone groups is 1. The van der Waals surface area contributed by atoms with Crippen molar-refractivity contribution in [3.05, 3.63) is 40.8 Å². The van der Waals surface area contributed by atoms with Gasteiger partial charge < -0.3 is 15.0 Å². The van der Waals surface area contributed by atoms with Crippen LogP contribution in [0, 0.1) is 5.92 Å². The van der Waals surface area contributed by atoms with Crippen molar-refractivity contribution >= 4 is 32.9 Å². The molecule has 1 aromatic heterocycles. The molecule has 140 valence electrons. The van der Waals surface area contributed by atoms with Crippen molar-refractivity contribution in [2.75, 3.05) is 29.9 Å². The largest absolute Gasteiger partial charge is 0.487 e. The van der Waals surface area contributed by atoms with Crippen LogP contribution in [-0.2, 0) is 16.4 Å². The van der Waals surface area contributed by atoms with Crippen LogP contribution in [0.25, 0.3) is 0 Å². The Kier molecular flexibility index (Phi) is 5.77. The third-order valence-corrected chi connectivity index (χ3v) is 6.50. The van der Waals surface area contributed by atoms with Crippen LogP contribution < -0.4 is 10.1 Å². The predicted molar refractivity (Wildman–Crippen MR) is 101 cm³/mol. The Balaban J connectivity index is 1.61. The van der Waals surface area contributed by atoms with Gasteiger partial charge in [0, 0.05) is 30.2 Å². The van der Waals surface area contributed by atoms with Crippen molar-refractivity contribution < 1.29 is 17.9 Å². The lowest BCUT2D eigenvalue weighted by Crippen LogP contribution is -2.38. The lowest BCUT2D eigenvalue weighted by Gasteiger charge is -2.22. The molecular formula is C17H21N3O4S2. The highest BCUT2D eigenvalue weighted by molar-refractivity contribution is 7.91. The lowest BCUT2D eigenvalue weighted by atomic mass is 10.2. The van der Waals surface area contributed by atoms with Crippen molar-refractivity contribution in [3.8, 4) is 5.75 Å². The van der Waals surface area contributed by atoms with Gasteiger partial charge >= 0.3 is 6.03 Å². The van der Waals surface area contributed by atoms with Gasteiger partial charge in [0.2, 0.25) is 0 Å². The van der Waals surface area contributed by atoms with Gasteiger partial charge in [-0.3, -0.25) is 0 Å². The van der Waals surface area contributed by atoms with E-state index in [2.05, 4.69) is 10.3 Å². The molecule has 1 saturated heterocycles. The highest BCUT2D eigenvalue weighted by Crippen LogP contribution is 2.20. The quantitative estimate of drug-likeness (QED) is 0.860. The molecule has 1 aliphatic heterocycles. The summed E-state index contributed by atoms with van der Waals surface area (Å²) < 4.78 is 29.4. The maximum Gasteiger partial charge on any atom is 0.321 e. The first-order valence-electron chi connectivity index (χ1n) is 8.27. The second-order valence-electron chi connectivity index (χ2n) is 6.39. The molecular weight excluding hydrogens is 374 g/mol. The van der Waals surface area contributed by atoms with E-state index >= 15 is 0 Å². The number of carbonyl (C=O) groups is 1. The topological polar surface area (TPSA) is 88.6 Å². The first-order chi connectivity index (χ1) is 12.4. The summed E-state index contributed by atoms with van der Waals surface area (Å²) in [6, 6.07) is 6.81. The third-order valence-electron chi connectivity index (χ3n) is 3.99. The van der Waals surface area contributed by atoms with Gasteiger partial charge in [-0.1, -0.05) is 13.0 Å². The van der Waals surface area contributed by atoms with E-state index in [1.807, 2.05) is 18.4 Å². The summed E-state index contributed by atoms with van der Waals surface area (Å²) in [4.78, 5) is 18.2. The summed E-state index contributed by atoms with van der Waals surface area (Å²) in [7, 11) is -3.09. The monoisotopic (exact) mass is 395 g/mol. The van der Waals surface area contributed by atoms with E-state index in [9.17, 15) is 13.2 Å². The van der Waals surface area contributed by atoms with Gasteiger partial charge in [0.05, 0.1) is 22.7 Å². The number of benzene rings is 1. The molecule has 26 heavy (non-hydrogen) atoms. The normalized spacial score (nSPS) is 19.6. The number of thiazole rings is 1. The van der Waals surface area contributed by atoms with Crippen LogP contribution >= 0.6 is 11.3 Å². The van der Waals surface area contributed by atoms with Crippen molar-refractivity contribution in [1.82, 2.24) is 9.88 Å². The Morgan fingerprint density at radius 3 is 3.08 bits per heavy atom. The number of hydrogen-bond donors (Lipinski definition) is 1. The zero-order valence-electron chi connectivity index (χ0n) is 14.4. The Hall–Kier alpha value is -2.13. The molecule has 0 aliphatic carbocycles. The maximum absolute atomic E-state index is 12.5. The van der Waals surface area contributed by atoms with E-state index in [1.165, 1.54) is 11.3 Å². The van der Waals surface area contributed by atoms with E-state index in [0.29, 0.717) is 24.6 Å². The van der Waals surface area contributed by atoms with Crippen LogP contribution in [0.3, 0.4) is 0 Å². The molecule has 2 heterocycles. The first kappa shape index (κ1) is 18.7. The van der Waals surface area contributed by atoms with Gasteiger partial charge in [-0.15, -0.1) is 11.3 Å². The average Bonchev–Trinajstić information content (AvgIpc) is 3.05. The molecule has 2 amide bonds. The Bertz CT molecular complexity index is 853. The van der Waals surface area contributed by atoms with Crippen molar-refractivity contribution in [2.45, 2.75) is 13.5 Å². The molecule has 0 radical (unpaired) electrons. The molecule has 1 aliphatic rings. The van der Waals surface area contributed by atoms with Crippen molar-refractivity contribution in [1.29, 1.82) is 0 Å². The predicted octanol–water partition coefficient (Wildman–Crippen LogP) is 2.62. The molecule has 9 heteroatoms. The smallest absolute Gasteiger partial charge is 0.321 e. The fourth-order valence-corrected chi connectivity index (χ4v) is 4.98. The number of nitrogens with one attached hydrogen (secondary N) is 1. The number of aromatic nitrogens is 1. The number of anilines is 1. The van der Waals surface area contributed by atoms with E-state index in [-0.39, 0.29) is 30.0 Å². The number of urea groups is 1. The summed E-state index contributed by atoms with van der Waals surface area (Å²) >= 11 is 1.51. The van der Waals surface area contributed by atoms with Gasteiger partial charge in [-0.2, -0.15) is 0 Å². The number of nitrogens with zero attached hydrogens (tertiary/aromatic N) is 2. The van der Waals surface area contributed by atoms with Gasteiger partial charge in [-0.25, -0.2) is 18.2 Å². The molecule has 3 rings (SSSR count). The zero-order chi connectivity index (χ0) is 18.6. The van der Waals surface area contributed by atoms with Crippen LogP contribution in [0.2, 0.25) is 0 Å². The molecule has 1 fully saturated rings. The second-order valence-corrected chi connectivity index (χ2v) is 9.34. The van der Waals surface area contributed by atoms with Crippen molar-refractivity contribution in [3.63, 3.8) is 0 Å². The maximum atomic E-state index is 12.5. The number of amides is 2. The van der Waals surface area contributed by atoms with E-state index in [4.69, 9.17) is 4.74 Å². The van der Waals surface area contributed by atoms with E-state index in [0.717, 1.165) is 5.69 Å². The minimum absolute atomic E-state index is 0.00154. The number of hydrogen-bond acceptors (Lipinski definition) is 6. The average molecular weight is 396 g/mol. The van der Waals surface area contributed by atoms with Crippen LogP contribution in [0.15, 0.2) is 35.2 Å². The zero-order valence-corrected chi connectivity index (χ0v) is 16.1. The highest BCUT2D eigenvalue weighted by Gasteiger charge is 2.26. The summed E-state index contributed by atoms with van der Waals surface area (Å²) in [6.45, 7) is 2.84.